The fourth-order valence-corrected chi connectivity index (χ4v) is 4.61. The number of piperidine rings is 1. The van der Waals surface area contributed by atoms with E-state index in [-0.39, 0.29) is 16.2 Å². The first-order valence-electron chi connectivity index (χ1n) is 7.72. The first kappa shape index (κ1) is 16.9. The maximum atomic E-state index is 12.2. The quantitative estimate of drug-likeness (QED) is 0.757. The lowest BCUT2D eigenvalue weighted by molar-refractivity contribution is 0.0930. The number of hydrogen-bond acceptors (Lipinski definition) is 5. The summed E-state index contributed by atoms with van der Waals surface area (Å²) in [5.41, 5.74) is 0.943. The van der Waals surface area contributed by atoms with Crippen LogP contribution in [0.25, 0.3) is 0 Å². The monoisotopic (exact) mass is 365 g/mol. The van der Waals surface area contributed by atoms with E-state index in [0.29, 0.717) is 11.3 Å². The topological polar surface area (TPSA) is 87.3 Å². The molecule has 2 aromatic rings. The van der Waals surface area contributed by atoms with Gasteiger partial charge in [0.1, 0.15) is 4.21 Å². The Hall–Kier alpha value is -1.90. The van der Waals surface area contributed by atoms with Gasteiger partial charge in [-0.2, -0.15) is 0 Å². The maximum absolute atomic E-state index is 12.2. The van der Waals surface area contributed by atoms with Gasteiger partial charge in [0.15, 0.2) is 0 Å². The molecule has 0 radical (unpaired) electrons. The van der Waals surface area contributed by atoms with Gasteiger partial charge in [-0.1, -0.05) is 6.07 Å². The van der Waals surface area contributed by atoms with Gasteiger partial charge in [-0.25, -0.2) is 8.42 Å². The van der Waals surface area contributed by atoms with Crippen LogP contribution in [0.3, 0.4) is 0 Å². The molecule has 1 atom stereocenters. The highest BCUT2D eigenvalue weighted by atomic mass is 32.2. The predicted molar refractivity (Wildman–Crippen MR) is 94.9 cm³/mol. The fraction of sp³-hybridized carbons (Fsp3) is 0.312. The molecule has 1 saturated heterocycles. The van der Waals surface area contributed by atoms with Crippen molar-refractivity contribution in [1.82, 2.24) is 10.6 Å². The predicted octanol–water partition coefficient (Wildman–Crippen LogP) is 2.03. The van der Waals surface area contributed by atoms with Crippen molar-refractivity contribution in [3.8, 4) is 0 Å². The molecule has 8 heteroatoms. The summed E-state index contributed by atoms with van der Waals surface area (Å²) in [6.45, 7) is 1.77. The van der Waals surface area contributed by atoms with E-state index in [1.807, 2.05) is 0 Å². The zero-order chi connectivity index (χ0) is 17.0. The molecule has 0 aliphatic carbocycles. The van der Waals surface area contributed by atoms with Crippen LogP contribution in [-0.2, 0) is 10.0 Å². The van der Waals surface area contributed by atoms with E-state index in [0.717, 1.165) is 37.3 Å². The van der Waals surface area contributed by atoms with Crippen molar-refractivity contribution in [1.29, 1.82) is 0 Å². The molecule has 0 unspecified atom stereocenters. The van der Waals surface area contributed by atoms with E-state index in [2.05, 4.69) is 15.4 Å². The van der Waals surface area contributed by atoms with E-state index in [9.17, 15) is 13.2 Å². The summed E-state index contributed by atoms with van der Waals surface area (Å²) in [4.78, 5) is 12.2. The Labute approximate surface area is 145 Å². The highest BCUT2D eigenvalue weighted by Crippen LogP contribution is 2.20. The second kappa shape index (κ2) is 7.33. The second-order valence-corrected chi connectivity index (χ2v) is 8.49. The van der Waals surface area contributed by atoms with E-state index < -0.39 is 10.0 Å². The smallest absolute Gasteiger partial charge is 0.271 e. The van der Waals surface area contributed by atoms with Crippen molar-refractivity contribution in [3.63, 3.8) is 0 Å². The summed E-state index contributed by atoms with van der Waals surface area (Å²) in [5.74, 6) is -0.142. The summed E-state index contributed by atoms with van der Waals surface area (Å²) < 4.78 is 27.1. The molecule has 1 fully saturated rings. The normalized spacial score (nSPS) is 18.1. The minimum absolute atomic E-state index is 0.142. The van der Waals surface area contributed by atoms with E-state index >= 15 is 0 Å². The number of anilines is 1. The number of nitrogens with one attached hydrogen (secondary N) is 3. The fourth-order valence-electron chi connectivity index (χ4n) is 2.56. The number of thiophene rings is 1. The van der Waals surface area contributed by atoms with Gasteiger partial charge in [0.25, 0.3) is 15.9 Å². The van der Waals surface area contributed by atoms with Crippen molar-refractivity contribution in [3.05, 3.63) is 47.3 Å². The SMILES string of the molecule is O=C(N[C@H]1CCCNC1)c1ccc(NS(=O)(=O)c2cccs2)cc1. The Balaban J connectivity index is 1.63. The van der Waals surface area contributed by atoms with Crippen molar-refractivity contribution < 1.29 is 13.2 Å². The highest BCUT2D eigenvalue weighted by Gasteiger charge is 2.17. The average molecular weight is 365 g/mol. The molecule has 24 heavy (non-hydrogen) atoms. The molecule has 128 valence electrons. The van der Waals surface area contributed by atoms with Crippen LogP contribution in [0.15, 0.2) is 46.0 Å². The molecule has 0 bridgehead atoms. The lowest BCUT2D eigenvalue weighted by atomic mass is 10.1. The molecule has 0 saturated carbocycles. The van der Waals surface area contributed by atoms with Crippen LogP contribution < -0.4 is 15.4 Å². The molecule has 1 aromatic carbocycles. The number of hydrogen-bond donors (Lipinski definition) is 3. The van der Waals surface area contributed by atoms with Gasteiger partial charge in [-0.15, -0.1) is 11.3 Å². The third-order valence-electron chi connectivity index (χ3n) is 3.79. The molecule has 3 N–H and O–H groups in total. The zero-order valence-corrected chi connectivity index (χ0v) is 14.6. The first-order valence-corrected chi connectivity index (χ1v) is 10.1. The third kappa shape index (κ3) is 4.14. The van der Waals surface area contributed by atoms with E-state index in [1.165, 1.54) is 0 Å². The Morgan fingerprint density at radius 1 is 1.21 bits per heavy atom. The molecule has 1 amide bonds. The molecule has 1 aliphatic heterocycles. The summed E-state index contributed by atoms with van der Waals surface area (Å²) in [7, 11) is -3.57. The van der Waals surface area contributed by atoms with Gasteiger partial charge in [0.05, 0.1) is 0 Å². The van der Waals surface area contributed by atoms with Gasteiger partial charge < -0.3 is 10.6 Å². The van der Waals surface area contributed by atoms with Crippen LogP contribution in [-0.4, -0.2) is 33.5 Å². The second-order valence-electron chi connectivity index (χ2n) is 5.63. The van der Waals surface area contributed by atoms with Crippen molar-refractivity contribution in [2.24, 2.45) is 0 Å². The Bertz CT molecular complexity index is 780. The third-order valence-corrected chi connectivity index (χ3v) is 6.57. The summed E-state index contributed by atoms with van der Waals surface area (Å²) in [5, 5.41) is 7.95. The van der Waals surface area contributed by atoms with E-state index in [4.69, 9.17) is 0 Å². The molecular weight excluding hydrogens is 346 g/mol. The number of sulfonamides is 1. The summed E-state index contributed by atoms with van der Waals surface area (Å²) in [6.07, 6.45) is 2.02. The summed E-state index contributed by atoms with van der Waals surface area (Å²) >= 11 is 1.16. The molecule has 1 aliphatic rings. The maximum Gasteiger partial charge on any atom is 0.271 e. The van der Waals surface area contributed by atoms with Crippen molar-refractivity contribution in [2.75, 3.05) is 17.8 Å². The van der Waals surface area contributed by atoms with Crippen LogP contribution in [0.5, 0.6) is 0 Å². The Kier molecular flexibility index (Phi) is 5.17. The van der Waals surface area contributed by atoms with Crippen LogP contribution in [0.2, 0.25) is 0 Å². The van der Waals surface area contributed by atoms with Gasteiger partial charge in [0, 0.05) is 23.8 Å². The number of carbonyl (C=O) groups excluding carboxylic acids is 1. The molecule has 1 aromatic heterocycles. The van der Waals surface area contributed by atoms with Gasteiger partial charge >= 0.3 is 0 Å². The number of rotatable bonds is 5. The minimum atomic E-state index is -3.57. The van der Waals surface area contributed by atoms with Crippen LogP contribution in [0.1, 0.15) is 23.2 Å². The van der Waals surface area contributed by atoms with Crippen molar-refractivity contribution >= 4 is 33.0 Å². The average Bonchev–Trinajstić information content (AvgIpc) is 3.11. The van der Waals surface area contributed by atoms with Gasteiger partial charge in [-0.3, -0.25) is 9.52 Å². The minimum Gasteiger partial charge on any atom is -0.348 e. The Morgan fingerprint density at radius 2 is 2.00 bits per heavy atom. The zero-order valence-electron chi connectivity index (χ0n) is 13.0. The lowest BCUT2D eigenvalue weighted by Gasteiger charge is -2.23. The molecule has 6 nitrogen and oxygen atoms in total. The number of carbonyl (C=O) groups is 1. The molecule has 2 heterocycles. The number of amides is 1. The van der Waals surface area contributed by atoms with Crippen LogP contribution >= 0.6 is 11.3 Å². The Morgan fingerprint density at radius 3 is 2.62 bits per heavy atom. The molecule has 0 spiro atoms. The van der Waals surface area contributed by atoms with Crippen molar-refractivity contribution in [2.45, 2.75) is 23.1 Å². The van der Waals surface area contributed by atoms with E-state index in [1.54, 1.807) is 41.8 Å². The summed E-state index contributed by atoms with van der Waals surface area (Å²) in [6, 6.07) is 9.82. The van der Waals surface area contributed by atoms with Crippen LogP contribution in [0.4, 0.5) is 5.69 Å². The first-order chi connectivity index (χ1) is 11.5. The molecule has 3 rings (SSSR count). The standard InChI is InChI=1S/C16H19N3O3S2/c20-16(18-14-3-1-9-17-11-14)12-5-7-13(8-6-12)19-24(21,22)15-4-2-10-23-15/h2,4-8,10,14,17,19H,1,3,9,11H2,(H,18,20)/t14-/m0/s1. The lowest BCUT2D eigenvalue weighted by Crippen LogP contribution is -2.45. The molecular formula is C16H19N3O3S2. The van der Waals surface area contributed by atoms with Gasteiger partial charge in [-0.05, 0) is 55.1 Å². The van der Waals surface area contributed by atoms with Gasteiger partial charge in [0.2, 0.25) is 0 Å². The number of benzene rings is 1. The highest BCUT2D eigenvalue weighted by molar-refractivity contribution is 7.94. The largest absolute Gasteiger partial charge is 0.348 e. The van der Waals surface area contributed by atoms with Crippen LogP contribution in [0, 0.1) is 0 Å².